The molecule has 1 atom stereocenters. The first-order valence-electron chi connectivity index (χ1n) is 11.6. The molecule has 0 saturated carbocycles. The van der Waals surface area contributed by atoms with E-state index < -0.39 is 17.8 Å². The number of alkyl halides is 3. The zero-order chi connectivity index (χ0) is 26.9. The average Bonchev–Trinajstić information content (AvgIpc) is 3.47. The molecule has 3 aromatic rings. The molecule has 0 fully saturated rings. The second-order valence-corrected chi connectivity index (χ2v) is 10.5. The van der Waals surface area contributed by atoms with Crippen LogP contribution in [0.25, 0.3) is 16.0 Å². The van der Waals surface area contributed by atoms with E-state index in [4.69, 9.17) is 18.2 Å². The predicted octanol–water partition coefficient (Wildman–Crippen LogP) is 6.45. The molecule has 1 unspecified atom stereocenters. The van der Waals surface area contributed by atoms with Crippen molar-refractivity contribution in [1.82, 2.24) is 19.6 Å². The van der Waals surface area contributed by atoms with Gasteiger partial charge in [-0.05, 0) is 55.9 Å². The summed E-state index contributed by atoms with van der Waals surface area (Å²) in [6.07, 6.45) is 0.00825. The summed E-state index contributed by atoms with van der Waals surface area (Å²) in [5.74, 6) is -0.638. The smallest absolute Gasteiger partial charge is 0.333 e. The van der Waals surface area contributed by atoms with E-state index in [0.29, 0.717) is 34.2 Å². The van der Waals surface area contributed by atoms with Gasteiger partial charge in [-0.1, -0.05) is 23.7 Å². The Balaban J connectivity index is 1.85. The van der Waals surface area contributed by atoms with Crippen LogP contribution in [0.15, 0.2) is 42.6 Å². The third-order valence-electron chi connectivity index (χ3n) is 6.13. The summed E-state index contributed by atoms with van der Waals surface area (Å²) in [5, 5.41) is 4.54. The van der Waals surface area contributed by atoms with Crippen LogP contribution < -0.4 is 0 Å². The lowest BCUT2D eigenvalue weighted by Gasteiger charge is -2.34. The molecule has 0 N–H and O–H groups in total. The number of rotatable bonds is 6. The van der Waals surface area contributed by atoms with Crippen LogP contribution in [-0.2, 0) is 24.1 Å². The molecule has 11 heteroatoms. The minimum absolute atomic E-state index is 0.0663. The Morgan fingerprint density at radius 1 is 1.30 bits per heavy atom. The van der Waals surface area contributed by atoms with E-state index >= 15 is 0 Å². The normalized spacial score (nSPS) is 15.9. The number of nitrogens with zero attached hydrogens (tertiary/aromatic N) is 5. The number of halogens is 4. The van der Waals surface area contributed by atoms with Crippen molar-refractivity contribution < 1.29 is 18.0 Å². The minimum atomic E-state index is -4.66. The van der Waals surface area contributed by atoms with E-state index in [1.807, 2.05) is 19.0 Å². The molecule has 0 saturated heterocycles. The summed E-state index contributed by atoms with van der Waals surface area (Å²) in [6, 6.07) is 6.64. The Hall–Kier alpha value is -3.13. The van der Waals surface area contributed by atoms with E-state index in [-0.39, 0.29) is 24.6 Å². The maximum atomic E-state index is 14.0. The van der Waals surface area contributed by atoms with Crippen LogP contribution in [0.4, 0.5) is 18.2 Å². The van der Waals surface area contributed by atoms with Gasteiger partial charge in [-0.25, -0.2) is 4.85 Å². The van der Waals surface area contributed by atoms with E-state index in [1.165, 1.54) is 34.4 Å². The fraction of sp³-hybridized carbons (Fsp3) is 0.346. The molecular formula is C26H25ClF3N5OS. The number of fused-ring (bicyclic) bond motifs is 1. The van der Waals surface area contributed by atoms with Gasteiger partial charge >= 0.3 is 6.18 Å². The highest BCUT2D eigenvalue weighted by Gasteiger charge is 2.39. The van der Waals surface area contributed by atoms with E-state index in [9.17, 15) is 18.0 Å². The number of hydrogen-bond acceptors (Lipinski definition) is 4. The van der Waals surface area contributed by atoms with Crippen LogP contribution >= 0.6 is 22.9 Å². The first-order chi connectivity index (χ1) is 17.5. The quantitative estimate of drug-likeness (QED) is 0.263. The first kappa shape index (κ1) is 26.9. The van der Waals surface area contributed by atoms with Crippen molar-refractivity contribution in [2.24, 2.45) is 0 Å². The number of carbonyl (C=O) groups excluding carboxylic acids is 1. The van der Waals surface area contributed by atoms with Crippen molar-refractivity contribution >= 4 is 33.8 Å². The Kier molecular flexibility index (Phi) is 7.78. The molecule has 4 rings (SSSR count). The zero-order valence-corrected chi connectivity index (χ0v) is 22.1. The van der Waals surface area contributed by atoms with Gasteiger partial charge in [0, 0.05) is 53.3 Å². The van der Waals surface area contributed by atoms with E-state index in [1.54, 1.807) is 36.1 Å². The van der Waals surface area contributed by atoms with Gasteiger partial charge < -0.3 is 9.80 Å². The van der Waals surface area contributed by atoms with Crippen molar-refractivity contribution in [2.75, 3.05) is 27.2 Å². The van der Waals surface area contributed by atoms with Crippen molar-refractivity contribution in [1.29, 1.82) is 0 Å². The summed E-state index contributed by atoms with van der Waals surface area (Å²) >= 11 is 7.58. The van der Waals surface area contributed by atoms with E-state index in [2.05, 4.69) is 9.94 Å². The third-order valence-corrected chi connectivity index (χ3v) is 7.39. The largest absolute Gasteiger partial charge is 0.435 e. The number of hydrogen-bond donors (Lipinski definition) is 0. The number of carbonyl (C=O) groups is 1. The van der Waals surface area contributed by atoms with E-state index in [0.717, 1.165) is 10.4 Å². The van der Waals surface area contributed by atoms with Gasteiger partial charge in [0.2, 0.25) is 10.9 Å². The lowest BCUT2D eigenvalue weighted by atomic mass is 9.83. The van der Waals surface area contributed by atoms with Crippen LogP contribution in [0, 0.1) is 6.57 Å². The van der Waals surface area contributed by atoms with Crippen molar-refractivity contribution in [3.63, 3.8) is 0 Å². The van der Waals surface area contributed by atoms with Crippen LogP contribution in [0.2, 0.25) is 5.02 Å². The highest BCUT2D eigenvalue weighted by Crippen LogP contribution is 2.46. The molecule has 0 bridgehead atoms. The van der Waals surface area contributed by atoms with Gasteiger partial charge in [0.05, 0.1) is 13.1 Å². The van der Waals surface area contributed by atoms with Gasteiger partial charge in [-0.15, -0.1) is 0 Å². The summed E-state index contributed by atoms with van der Waals surface area (Å²) < 4.78 is 43.2. The van der Waals surface area contributed by atoms with Gasteiger partial charge in [-0.2, -0.15) is 29.6 Å². The Morgan fingerprint density at radius 2 is 2.05 bits per heavy atom. The lowest BCUT2D eigenvalue weighted by Crippen LogP contribution is -2.37. The maximum absolute atomic E-state index is 14.0. The molecule has 1 aliphatic heterocycles. The molecule has 3 heterocycles. The molecule has 1 aliphatic rings. The molecule has 6 nitrogen and oxygen atoms in total. The molecule has 1 aromatic carbocycles. The molecule has 2 aromatic heterocycles. The topological polar surface area (TPSA) is 45.7 Å². The first-order valence-corrected chi connectivity index (χ1v) is 12.8. The minimum Gasteiger partial charge on any atom is -0.333 e. The Morgan fingerprint density at radius 3 is 2.70 bits per heavy atom. The molecule has 37 heavy (non-hydrogen) atoms. The van der Waals surface area contributed by atoms with Gasteiger partial charge in [-0.3, -0.25) is 9.48 Å². The molecule has 1 amide bonds. The summed E-state index contributed by atoms with van der Waals surface area (Å²) in [6.45, 7) is 10.6. The summed E-state index contributed by atoms with van der Waals surface area (Å²) in [5.41, 5.74) is 0.695. The molecule has 0 radical (unpaired) electrons. The van der Waals surface area contributed by atoms with Gasteiger partial charge in [0.1, 0.15) is 0 Å². The highest BCUT2D eigenvalue weighted by atomic mass is 35.5. The van der Waals surface area contributed by atoms with Crippen LogP contribution in [0.3, 0.4) is 0 Å². The van der Waals surface area contributed by atoms with Crippen molar-refractivity contribution in [2.45, 2.75) is 32.1 Å². The average molecular weight is 548 g/mol. The molecule has 194 valence electrons. The fourth-order valence-corrected chi connectivity index (χ4v) is 5.61. The number of thiophene rings is 1. The van der Waals surface area contributed by atoms with Crippen molar-refractivity contribution in [3.8, 4) is 11.1 Å². The second-order valence-electron chi connectivity index (χ2n) is 8.99. The number of likely N-dealkylation sites (N-methyl/N-ethyl adjacent to an activating group) is 1. The molecule has 0 spiro atoms. The third kappa shape index (κ3) is 5.74. The number of amides is 1. The molecule has 0 aliphatic carbocycles. The lowest BCUT2D eigenvalue weighted by molar-refractivity contribution is -0.141. The maximum Gasteiger partial charge on any atom is 0.435 e. The van der Waals surface area contributed by atoms with Crippen LogP contribution in [0.1, 0.15) is 34.5 Å². The van der Waals surface area contributed by atoms with Gasteiger partial charge in [0.15, 0.2) is 5.69 Å². The standard InChI is InChI=1S/C26H25ClF3N5OS/c1-5-35-14-21(25(32-35)26(28,29)30)18-11-16(27)8-9-17(18)20-13-34(24(36)7-6-10-33(3)4)15-22-19(20)12-23(31-2)37-22/h6-9,11-12,14,20H,5,10,13,15H2,1,3-4H3/b7-6+. The number of benzene rings is 1. The fourth-order valence-electron chi connectivity index (χ4n) is 4.42. The molecular weight excluding hydrogens is 523 g/mol. The highest BCUT2D eigenvalue weighted by molar-refractivity contribution is 7.16. The monoisotopic (exact) mass is 547 g/mol. The summed E-state index contributed by atoms with van der Waals surface area (Å²) in [4.78, 5) is 21.1. The Bertz CT molecular complexity index is 1390. The van der Waals surface area contributed by atoms with Gasteiger partial charge in [0.25, 0.3) is 0 Å². The zero-order valence-electron chi connectivity index (χ0n) is 20.5. The predicted molar refractivity (Wildman–Crippen MR) is 139 cm³/mol. The second kappa shape index (κ2) is 10.7. The van der Waals surface area contributed by atoms with Crippen molar-refractivity contribution in [3.05, 3.63) is 80.8 Å². The SMILES string of the molecule is [C-]#[N+]c1cc2c(s1)CN(C(=O)/C=C/CN(C)C)CC2c1ccc(Cl)cc1-c1cn(CC)nc1C(F)(F)F. The summed E-state index contributed by atoms with van der Waals surface area (Å²) in [7, 11) is 3.79. The van der Waals surface area contributed by atoms with Crippen LogP contribution in [0.5, 0.6) is 0 Å². The number of aryl methyl sites for hydroxylation is 1. The Labute approximate surface area is 222 Å². The number of aromatic nitrogens is 2. The van der Waals surface area contributed by atoms with Crippen LogP contribution in [-0.4, -0.2) is 52.7 Å².